The minimum Gasteiger partial charge on any atom is -0.371 e. The zero-order valence-electron chi connectivity index (χ0n) is 9.16. The lowest BCUT2D eigenvalue weighted by Crippen LogP contribution is -2.31. The van der Waals surface area contributed by atoms with Gasteiger partial charge in [0.1, 0.15) is 6.61 Å². The summed E-state index contributed by atoms with van der Waals surface area (Å²) in [5, 5.41) is 0. The minimum absolute atomic E-state index is 0.143. The molecule has 1 rings (SSSR count). The maximum atomic E-state index is 11.6. The van der Waals surface area contributed by atoms with E-state index >= 15 is 0 Å². The van der Waals surface area contributed by atoms with Crippen LogP contribution >= 0.6 is 0 Å². The van der Waals surface area contributed by atoms with Gasteiger partial charge in [-0.1, -0.05) is 0 Å². The Bertz CT molecular complexity index is 184. The molecule has 0 unspecified atom stereocenters. The number of carbonyl (C=O) groups excluding carboxylic acids is 1. The Morgan fingerprint density at radius 3 is 2.43 bits per heavy atom. The summed E-state index contributed by atoms with van der Waals surface area (Å²) in [6.45, 7) is 4.17. The van der Waals surface area contributed by atoms with Crippen LogP contribution in [0.15, 0.2) is 0 Å². The number of hydrogen-bond donors (Lipinski definition) is 1. The van der Waals surface area contributed by atoms with Crippen molar-refractivity contribution < 1.29 is 9.53 Å². The number of ether oxygens (including phenoxy) is 1. The van der Waals surface area contributed by atoms with Crippen molar-refractivity contribution >= 4 is 5.78 Å². The summed E-state index contributed by atoms with van der Waals surface area (Å²) in [6, 6.07) is 0.310. The Balaban J connectivity index is 2.24. The zero-order chi connectivity index (χ0) is 10.6. The van der Waals surface area contributed by atoms with E-state index in [1.807, 2.05) is 13.8 Å². The van der Waals surface area contributed by atoms with Gasteiger partial charge in [-0.05, 0) is 39.5 Å². The SMILES string of the molecule is CC(C)OCC(=O)C1CCC(N)CC1. The van der Waals surface area contributed by atoms with Gasteiger partial charge in [0.2, 0.25) is 0 Å². The molecule has 0 heterocycles. The summed E-state index contributed by atoms with van der Waals surface area (Å²) in [6.07, 6.45) is 4.00. The predicted octanol–water partition coefficient (Wildman–Crippen LogP) is 1.50. The average Bonchev–Trinajstić information content (AvgIpc) is 2.15. The smallest absolute Gasteiger partial charge is 0.161 e. The van der Waals surface area contributed by atoms with Crippen molar-refractivity contribution in [2.75, 3.05) is 6.61 Å². The standard InChI is InChI=1S/C11H21NO2/c1-8(2)14-7-11(13)9-3-5-10(12)6-4-9/h8-10H,3-7,12H2,1-2H3. The summed E-state index contributed by atoms with van der Waals surface area (Å²) < 4.78 is 5.30. The van der Waals surface area contributed by atoms with Gasteiger partial charge in [-0.2, -0.15) is 0 Å². The van der Waals surface area contributed by atoms with E-state index in [4.69, 9.17) is 10.5 Å². The molecule has 0 aromatic heterocycles. The van der Waals surface area contributed by atoms with E-state index in [1.54, 1.807) is 0 Å². The molecular weight excluding hydrogens is 178 g/mol. The van der Waals surface area contributed by atoms with Crippen molar-refractivity contribution in [3.8, 4) is 0 Å². The van der Waals surface area contributed by atoms with Crippen molar-refractivity contribution in [3.63, 3.8) is 0 Å². The monoisotopic (exact) mass is 199 g/mol. The molecule has 0 atom stereocenters. The molecule has 0 bridgehead atoms. The molecule has 0 aliphatic heterocycles. The van der Waals surface area contributed by atoms with Crippen molar-refractivity contribution in [3.05, 3.63) is 0 Å². The van der Waals surface area contributed by atoms with E-state index in [-0.39, 0.29) is 24.4 Å². The molecular formula is C11H21NO2. The number of Topliss-reactive ketones (excluding diaryl/α,β-unsaturated/α-hetero) is 1. The largest absolute Gasteiger partial charge is 0.371 e. The summed E-state index contributed by atoms with van der Waals surface area (Å²) in [4.78, 5) is 11.6. The van der Waals surface area contributed by atoms with Crippen LogP contribution in [0, 0.1) is 5.92 Å². The Morgan fingerprint density at radius 1 is 1.36 bits per heavy atom. The molecule has 0 saturated heterocycles. The van der Waals surface area contributed by atoms with Crippen molar-refractivity contribution in [1.82, 2.24) is 0 Å². The van der Waals surface area contributed by atoms with Gasteiger partial charge in [-0.25, -0.2) is 0 Å². The third-order valence-corrected chi connectivity index (χ3v) is 2.79. The molecule has 3 nitrogen and oxygen atoms in total. The van der Waals surface area contributed by atoms with E-state index in [2.05, 4.69) is 0 Å². The topological polar surface area (TPSA) is 52.3 Å². The van der Waals surface area contributed by atoms with Crippen molar-refractivity contribution in [2.24, 2.45) is 11.7 Å². The summed E-state index contributed by atoms with van der Waals surface area (Å²) >= 11 is 0. The maximum absolute atomic E-state index is 11.6. The van der Waals surface area contributed by atoms with Crippen LogP contribution in [0.3, 0.4) is 0 Å². The molecule has 1 saturated carbocycles. The molecule has 0 amide bonds. The first kappa shape index (κ1) is 11.7. The molecule has 82 valence electrons. The molecule has 1 aliphatic carbocycles. The summed E-state index contributed by atoms with van der Waals surface area (Å²) in [5.74, 6) is 0.458. The molecule has 0 aromatic rings. The van der Waals surface area contributed by atoms with Crippen molar-refractivity contribution in [1.29, 1.82) is 0 Å². The highest BCUT2D eigenvalue weighted by molar-refractivity contribution is 5.82. The summed E-state index contributed by atoms with van der Waals surface area (Å²) in [7, 11) is 0. The highest BCUT2D eigenvalue weighted by Gasteiger charge is 2.24. The average molecular weight is 199 g/mol. The first-order chi connectivity index (χ1) is 6.59. The maximum Gasteiger partial charge on any atom is 0.161 e. The zero-order valence-corrected chi connectivity index (χ0v) is 9.16. The fraction of sp³-hybridized carbons (Fsp3) is 0.909. The highest BCUT2D eigenvalue weighted by atomic mass is 16.5. The molecule has 1 fully saturated rings. The number of ketones is 1. The van der Waals surface area contributed by atoms with Crippen LogP contribution in [-0.4, -0.2) is 24.5 Å². The lowest BCUT2D eigenvalue weighted by Gasteiger charge is -2.25. The van der Waals surface area contributed by atoms with E-state index in [0.29, 0.717) is 6.04 Å². The van der Waals surface area contributed by atoms with Crippen LogP contribution < -0.4 is 5.73 Å². The van der Waals surface area contributed by atoms with Gasteiger partial charge in [0.05, 0.1) is 6.10 Å². The highest BCUT2D eigenvalue weighted by Crippen LogP contribution is 2.23. The first-order valence-corrected chi connectivity index (χ1v) is 5.49. The Hall–Kier alpha value is -0.410. The van der Waals surface area contributed by atoms with Gasteiger partial charge < -0.3 is 10.5 Å². The van der Waals surface area contributed by atoms with Gasteiger partial charge in [0.25, 0.3) is 0 Å². The molecule has 2 N–H and O–H groups in total. The van der Waals surface area contributed by atoms with E-state index < -0.39 is 0 Å². The fourth-order valence-corrected chi connectivity index (χ4v) is 1.81. The molecule has 0 aromatic carbocycles. The van der Waals surface area contributed by atoms with Crippen LogP contribution in [0.4, 0.5) is 0 Å². The fourth-order valence-electron chi connectivity index (χ4n) is 1.81. The van der Waals surface area contributed by atoms with Gasteiger partial charge >= 0.3 is 0 Å². The van der Waals surface area contributed by atoms with Crippen molar-refractivity contribution in [2.45, 2.75) is 51.7 Å². The van der Waals surface area contributed by atoms with E-state index in [9.17, 15) is 4.79 Å². The van der Waals surface area contributed by atoms with E-state index in [0.717, 1.165) is 25.7 Å². The Kier molecular flexibility index (Phi) is 4.55. The molecule has 3 heteroatoms. The number of hydrogen-bond acceptors (Lipinski definition) is 3. The second-order valence-electron chi connectivity index (χ2n) is 4.44. The van der Waals surface area contributed by atoms with Crippen LogP contribution in [0.2, 0.25) is 0 Å². The van der Waals surface area contributed by atoms with Crippen LogP contribution in [0.5, 0.6) is 0 Å². The second-order valence-corrected chi connectivity index (χ2v) is 4.44. The Morgan fingerprint density at radius 2 is 1.93 bits per heavy atom. The lowest BCUT2D eigenvalue weighted by atomic mass is 9.84. The van der Waals surface area contributed by atoms with E-state index in [1.165, 1.54) is 0 Å². The quantitative estimate of drug-likeness (QED) is 0.746. The Labute approximate surface area is 86.0 Å². The lowest BCUT2D eigenvalue weighted by molar-refractivity contribution is -0.129. The van der Waals surface area contributed by atoms with Crippen LogP contribution in [0.1, 0.15) is 39.5 Å². The van der Waals surface area contributed by atoms with Gasteiger partial charge in [0.15, 0.2) is 5.78 Å². The predicted molar refractivity (Wildman–Crippen MR) is 56.0 cm³/mol. The molecule has 14 heavy (non-hydrogen) atoms. The first-order valence-electron chi connectivity index (χ1n) is 5.49. The third-order valence-electron chi connectivity index (χ3n) is 2.79. The minimum atomic E-state index is 0.143. The number of carbonyl (C=O) groups is 1. The van der Waals surface area contributed by atoms with Gasteiger partial charge in [-0.15, -0.1) is 0 Å². The van der Waals surface area contributed by atoms with Crippen LogP contribution in [0.25, 0.3) is 0 Å². The number of nitrogens with two attached hydrogens (primary N) is 1. The third kappa shape index (κ3) is 3.76. The number of rotatable bonds is 4. The molecule has 0 radical (unpaired) electrons. The van der Waals surface area contributed by atoms with Gasteiger partial charge in [0, 0.05) is 12.0 Å². The van der Waals surface area contributed by atoms with Crippen LogP contribution in [-0.2, 0) is 9.53 Å². The normalized spacial score (nSPS) is 28.0. The molecule has 1 aliphatic rings. The second kappa shape index (κ2) is 5.47. The van der Waals surface area contributed by atoms with Gasteiger partial charge in [-0.3, -0.25) is 4.79 Å². The molecule has 0 spiro atoms. The summed E-state index contributed by atoms with van der Waals surface area (Å²) in [5.41, 5.74) is 5.78.